The van der Waals surface area contributed by atoms with E-state index in [9.17, 15) is 28.8 Å². The van der Waals surface area contributed by atoms with Gasteiger partial charge in [-0.1, -0.05) is 46.4 Å². The largest absolute Gasteiger partial charge is 0.463 e. The number of carbonyl (C=O) groups is 6. The van der Waals surface area contributed by atoms with Crippen molar-refractivity contribution in [3.8, 4) is 0 Å². The van der Waals surface area contributed by atoms with Crippen molar-refractivity contribution in [1.29, 1.82) is 0 Å². The van der Waals surface area contributed by atoms with Gasteiger partial charge < -0.3 is 23.7 Å². The van der Waals surface area contributed by atoms with E-state index in [1.54, 1.807) is 0 Å². The molecule has 1 aromatic rings. The summed E-state index contributed by atoms with van der Waals surface area (Å²) < 4.78 is 26.6. The summed E-state index contributed by atoms with van der Waals surface area (Å²) in [5.41, 5.74) is -0.824. The van der Waals surface area contributed by atoms with E-state index in [1.165, 1.54) is 0 Å². The van der Waals surface area contributed by atoms with Gasteiger partial charge in [-0.2, -0.15) is 0 Å². The number of amides is 2. The van der Waals surface area contributed by atoms with Crippen molar-refractivity contribution in [2.45, 2.75) is 58.3 Å². The predicted octanol–water partition coefficient (Wildman–Crippen LogP) is 2.98. The van der Waals surface area contributed by atoms with Crippen LogP contribution < -0.4 is 0 Å². The van der Waals surface area contributed by atoms with E-state index in [-0.39, 0.29) is 20.1 Å². The zero-order chi connectivity index (χ0) is 28.6. The molecule has 0 N–H and O–H groups in total. The number of hydrogen-bond acceptors (Lipinski definition) is 11. The van der Waals surface area contributed by atoms with E-state index in [0.717, 1.165) is 27.7 Å². The average molecular weight is 615 g/mol. The molecule has 1 fully saturated rings. The summed E-state index contributed by atoms with van der Waals surface area (Å²) in [5.74, 6) is -5.59. The molecule has 0 spiro atoms. The highest BCUT2D eigenvalue weighted by molar-refractivity contribution is 6.55. The summed E-state index contributed by atoms with van der Waals surface area (Å²) in [6.45, 7) is 3.61. The summed E-state index contributed by atoms with van der Waals surface area (Å²) in [7, 11) is 0. The fourth-order valence-electron chi connectivity index (χ4n) is 4.05. The maximum Gasteiger partial charge on any atom is 0.305 e. The van der Waals surface area contributed by atoms with Crippen LogP contribution in [0, 0.1) is 0 Å². The van der Waals surface area contributed by atoms with Crippen molar-refractivity contribution >= 4 is 82.1 Å². The molecule has 2 amide bonds. The molecule has 3 rings (SSSR count). The summed E-state index contributed by atoms with van der Waals surface area (Å²) in [6.07, 6.45) is -6.38. The number of fused-ring (bicyclic) bond motifs is 1. The Balaban J connectivity index is 2.21. The Hall–Kier alpha value is -2.64. The molecule has 16 heteroatoms. The monoisotopic (exact) mass is 613 g/mol. The second-order valence-corrected chi connectivity index (χ2v) is 9.59. The summed E-state index contributed by atoms with van der Waals surface area (Å²) >= 11 is 24.6. The Morgan fingerprint density at radius 2 is 1.16 bits per heavy atom. The summed E-state index contributed by atoms with van der Waals surface area (Å²) in [6, 6.07) is -1.74. The van der Waals surface area contributed by atoms with Crippen LogP contribution in [0.25, 0.3) is 0 Å². The Morgan fingerprint density at radius 1 is 0.711 bits per heavy atom. The lowest BCUT2D eigenvalue weighted by Crippen LogP contribution is -2.67. The predicted molar refractivity (Wildman–Crippen MR) is 129 cm³/mol. The SMILES string of the molecule is CC(=O)OC[C@H]1O[C@H](OC(C)=O)[C@H](N2C(=O)c3c(Cl)c(Cl)c(Cl)c(Cl)c3C2=O)[C@@H](OC(C)=O)[C@@H]1OC(C)=O. The number of carbonyl (C=O) groups excluding carboxylic acids is 6. The van der Waals surface area contributed by atoms with Crippen LogP contribution in [0.1, 0.15) is 48.4 Å². The van der Waals surface area contributed by atoms with Crippen molar-refractivity contribution in [2.24, 2.45) is 0 Å². The van der Waals surface area contributed by atoms with E-state index in [2.05, 4.69) is 0 Å². The van der Waals surface area contributed by atoms with Crippen LogP contribution in [0.5, 0.6) is 0 Å². The van der Waals surface area contributed by atoms with Gasteiger partial charge in [0.1, 0.15) is 18.8 Å². The number of imide groups is 1. The number of esters is 4. The van der Waals surface area contributed by atoms with Gasteiger partial charge in [-0.25, -0.2) is 0 Å². The number of benzene rings is 1. The van der Waals surface area contributed by atoms with Crippen LogP contribution in [0.15, 0.2) is 0 Å². The third kappa shape index (κ3) is 5.69. The van der Waals surface area contributed by atoms with Crippen molar-refractivity contribution in [3.05, 3.63) is 31.2 Å². The van der Waals surface area contributed by atoms with Crippen molar-refractivity contribution in [1.82, 2.24) is 4.90 Å². The standard InChI is InChI=1S/C22H19Cl4NO11/c1-6(28)34-5-10-18(35-7(2)29)19(36-8(3)30)17(22(38-10)37-9(4)31)27-20(32)11-12(21(27)33)14(24)16(26)15(25)13(11)23/h10,17-19,22H,5H2,1-4H3/t10-,17-,18-,19-,22+/m1/s1. The van der Waals surface area contributed by atoms with Gasteiger partial charge in [0, 0.05) is 27.7 Å². The second kappa shape index (κ2) is 11.6. The maximum atomic E-state index is 13.6. The topological polar surface area (TPSA) is 152 Å². The fourth-order valence-corrected chi connectivity index (χ4v) is 5.07. The van der Waals surface area contributed by atoms with E-state index in [4.69, 9.17) is 70.1 Å². The van der Waals surface area contributed by atoms with Crippen molar-refractivity contribution < 1.29 is 52.5 Å². The second-order valence-electron chi connectivity index (χ2n) is 8.08. The highest BCUT2D eigenvalue weighted by Gasteiger charge is 2.59. The molecule has 0 unspecified atom stereocenters. The zero-order valence-electron chi connectivity index (χ0n) is 20.0. The van der Waals surface area contributed by atoms with Gasteiger partial charge >= 0.3 is 23.9 Å². The highest BCUT2D eigenvalue weighted by atomic mass is 35.5. The summed E-state index contributed by atoms with van der Waals surface area (Å²) in [5, 5.41) is -1.36. The molecule has 0 radical (unpaired) electrons. The minimum atomic E-state index is -1.80. The third-order valence-electron chi connectivity index (χ3n) is 5.38. The Morgan fingerprint density at radius 3 is 1.58 bits per heavy atom. The molecule has 0 saturated carbocycles. The summed E-state index contributed by atoms with van der Waals surface area (Å²) in [4.78, 5) is 75.2. The molecule has 5 atom stereocenters. The molecule has 2 aliphatic heterocycles. The zero-order valence-corrected chi connectivity index (χ0v) is 23.1. The lowest BCUT2D eigenvalue weighted by Gasteiger charge is -2.46. The quantitative estimate of drug-likeness (QED) is 0.153. The third-order valence-corrected chi connectivity index (χ3v) is 7.18. The smallest absolute Gasteiger partial charge is 0.305 e. The van der Waals surface area contributed by atoms with Crippen LogP contribution in [-0.4, -0.2) is 77.8 Å². The molecule has 206 valence electrons. The maximum absolute atomic E-state index is 13.6. The molecule has 2 heterocycles. The van der Waals surface area contributed by atoms with Gasteiger partial charge in [-0.05, 0) is 0 Å². The molecule has 1 aromatic carbocycles. The Labute approximate surface area is 235 Å². The Bertz CT molecular complexity index is 1190. The minimum absolute atomic E-state index is 0.299. The lowest BCUT2D eigenvalue weighted by molar-refractivity contribution is -0.278. The highest BCUT2D eigenvalue weighted by Crippen LogP contribution is 2.46. The van der Waals surface area contributed by atoms with Crippen LogP contribution in [0.2, 0.25) is 20.1 Å². The fraction of sp³-hybridized carbons (Fsp3) is 0.455. The number of ether oxygens (including phenoxy) is 5. The van der Waals surface area contributed by atoms with Crippen LogP contribution in [-0.2, 0) is 42.9 Å². The molecule has 0 aromatic heterocycles. The van der Waals surface area contributed by atoms with Crippen molar-refractivity contribution in [2.75, 3.05) is 6.61 Å². The first-order valence-corrected chi connectivity index (χ1v) is 12.2. The van der Waals surface area contributed by atoms with Crippen LogP contribution in [0.4, 0.5) is 0 Å². The number of nitrogens with zero attached hydrogens (tertiary/aromatic N) is 1. The lowest BCUT2D eigenvalue weighted by atomic mass is 9.94. The van der Waals surface area contributed by atoms with E-state index >= 15 is 0 Å². The number of rotatable bonds is 6. The first kappa shape index (κ1) is 29.9. The number of halogens is 4. The first-order chi connectivity index (χ1) is 17.7. The van der Waals surface area contributed by atoms with Crippen molar-refractivity contribution in [3.63, 3.8) is 0 Å². The average Bonchev–Trinajstić information content (AvgIpc) is 3.06. The van der Waals surface area contributed by atoms with E-state index in [0.29, 0.717) is 4.90 Å². The number of hydrogen-bond donors (Lipinski definition) is 0. The molecule has 1 saturated heterocycles. The van der Waals surface area contributed by atoms with Gasteiger partial charge in [0.15, 0.2) is 12.2 Å². The van der Waals surface area contributed by atoms with E-state index in [1.807, 2.05) is 0 Å². The van der Waals surface area contributed by atoms with Gasteiger partial charge in [0.05, 0.1) is 31.2 Å². The van der Waals surface area contributed by atoms with Crippen LogP contribution >= 0.6 is 46.4 Å². The molecular formula is C22H19Cl4NO11. The van der Waals surface area contributed by atoms with Gasteiger partial charge in [0.2, 0.25) is 6.29 Å². The van der Waals surface area contributed by atoms with Gasteiger partial charge in [0.25, 0.3) is 11.8 Å². The molecular weight excluding hydrogens is 596 g/mol. The molecule has 12 nitrogen and oxygen atoms in total. The van der Waals surface area contributed by atoms with Gasteiger partial charge in [-0.15, -0.1) is 0 Å². The molecule has 0 aliphatic carbocycles. The van der Waals surface area contributed by atoms with E-state index < -0.39 is 84.1 Å². The minimum Gasteiger partial charge on any atom is -0.463 e. The molecule has 0 bridgehead atoms. The normalized spacial score (nSPS) is 24.5. The van der Waals surface area contributed by atoms with Crippen LogP contribution in [0.3, 0.4) is 0 Å². The first-order valence-electron chi connectivity index (χ1n) is 10.7. The Kier molecular flexibility index (Phi) is 9.15. The molecule has 2 aliphatic rings. The van der Waals surface area contributed by atoms with Gasteiger partial charge in [-0.3, -0.25) is 33.7 Å². The molecule has 38 heavy (non-hydrogen) atoms.